The molecule has 0 radical (unpaired) electrons. The van der Waals surface area contributed by atoms with Gasteiger partial charge < -0.3 is 10.1 Å². The number of hydrogen-bond acceptors (Lipinski definition) is 5. The molecule has 8 heteroatoms. The van der Waals surface area contributed by atoms with E-state index in [4.69, 9.17) is 0 Å². The second kappa shape index (κ2) is 10.7. The molecule has 5 nitrogen and oxygen atoms in total. The number of carbonyl (C=O) groups is 1. The maximum atomic E-state index is 12.5. The first-order chi connectivity index (χ1) is 14.7. The van der Waals surface area contributed by atoms with E-state index in [0.29, 0.717) is 22.8 Å². The third-order valence-corrected chi connectivity index (χ3v) is 4.64. The highest BCUT2D eigenvalue weighted by molar-refractivity contribution is 5.99. The molecule has 0 aliphatic rings. The predicted octanol–water partition coefficient (Wildman–Crippen LogP) is 5.88. The van der Waals surface area contributed by atoms with E-state index in [1.807, 2.05) is 13.8 Å². The van der Waals surface area contributed by atoms with E-state index in [0.717, 1.165) is 24.7 Å². The number of nitrogens with zero attached hydrogens (tertiary/aromatic N) is 2. The Kier molecular flexibility index (Phi) is 8.24. The van der Waals surface area contributed by atoms with E-state index in [2.05, 4.69) is 21.7 Å². The molecule has 0 bridgehead atoms. The highest BCUT2D eigenvalue weighted by atomic mass is 19.4. The SMILES string of the molecule is C=C(NC(CC)CC)N(/N=C(\C)c1ccc(C=O)cc1)c1ccc(OC(F)(F)F)cc1. The summed E-state index contributed by atoms with van der Waals surface area (Å²) in [4.78, 5) is 10.9. The Balaban J connectivity index is 2.37. The summed E-state index contributed by atoms with van der Waals surface area (Å²) in [6.07, 6.45) is -2.26. The molecule has 0 heterocycles. The molecule has 166 valence electrons. The summed E-state index contributed by atoms with van der Waals surface area (Å²) < 4.78 is 41.3. The molecule has 0 saturated heterocycles. The monoisotopic (exact) mass is 433 g/mol. The van der Waals surface area contributed by atoms with Crippen molar-refractivity contribution in [3.8, 4) is 5.75 Å². The second-order valence-corrected chi connectivity index (χ2v) is 6.88. The van der Waals surface area contributed by atoms with Gasteiger partial charge in [-0.25, -0.2) is 5.01 Å². The number of halogens is 3. The van der Waals surface area contributed by atoms with Crippen LogP contribution in [0.15, 0.2) is 66.0 Å². The molecule has 1 N–H and O–H groups in total. The van der Waals surface area contributed by atoms with Gasteiger partial charge >= 0.3 is 6.36 Å². The lowest BCUT2D eigenvalue weighted by molar-refractivity contribution is -0.274. The minimum Gasteiger partial charge on any atom is -0.406 e. The van der Waals surface area contributed by atoms with Gasteiger partial charge in [0.25, 0.3) is 0 Å². The number of nitrogens with one attached hydrogen (secondary N) is 1. The normalized spacial score (nSPS) is 11.9. The van der Waals surface area contributed by atoms with Gasteiger partial charge in [0.2, 0.25) is 0 Å². The molecule has 2 rings (SSSR count). The summed E-state index contributed by atoms with van der Waals surface area (Å²) >= 11 is 0. The van der Waals surface area contributed by atoms with Gasteiger partial charge in [0, 0.05) is 11.6 Å². The van der Waals surface area contributed by atoms with Crippen molar-refractivity contribution in [3.05, 3.63) is 72.1 Å². The second-order valence-electron chi connectivity index (χ2n) is 6.88. The zero-order chi connectivity index (χ0) is 23.0. The van der Waals surface area contributed by atoms with Crippen molar-refractivity contribution in [1.82, 2.24) is 5.32 Å². The Morgan fingerprint density at radius 2 is 1.71 bits per heavy atom. The van der Waals surface area contributed by atoms with E-state index in [1.165, 1.54) is 24.3 Å². The Morgan fingerprint density at radius 3 is 2.19 bits per heavy atom. The fraction of sp³-hybridized carbons (Fsp3) is 0.304. The lowest BCUT2D eigenvalue weighted by Crippen LogP contribution is -2.35. The molecule has 0 fully saturated rings. The summed E-state index contributed by atoms with van der Waals surface area (Å²) in [7, 11) is 0. The fourth-order valence-corrected chi connectivity index (χ4v) is 2.86. The summed E-state index contributed by atoms with van der Waals surface area (Å²) in [5.74, 6) is 0.168. The average molecular weight is 433 g/mol. The number of alkyl halides is 3. The van der Waals surface area contributed by atoms with Crippen LogP contribution in [-0.2, 0) is 0 Å². The molecule has 0 spiro atoms. The van der Waals surface area contributed by atoms with Crippen molar-refractivity contribution < 1.29 is 22.7 Å². The van der Waals surface area contributed by atoms with Gasteiger partial charge in [0.1, 0.15) is 17.9 Å². The van der Waals surface area contributed by atoms with Gasteiger partial charge in [-0.2, -0.15) is 5.10 Å². The van der Waals surface area contributed by atoms with Crippen molar-refractivity contribution >= 4 is 17.7 Å². The molecule has 31 heavy (non-hydrogen) atoms. The molecule has 0 unspecified atom stereocenters. The molecule has 0 aromatic heterocycles. The number of rotatable bonds is 10. The van der Waals surface area contributed by atoms with Crippen LogP contribution in [0, 0.1) is 0 Å². The molecule has 2 aromatic rings. The number of benzene rings is 2. The molecular formula is C23H26F3N3O2. The Hall–Kier alpha value is -3.29. The van der Waals surface area contributed by atoms with Gasteiger partial charge in [0.15, 0.2) is 0 Å². The first-order valence-corrected chi connectivity index (χ1v) is 9.89. The number of aldehydes is 1. The number of ether oxygens (including phenoxy) is 1. The standard InChI is InChI=1S/C23H26F3N3O2/c1-5-20(6-2)27-17(4)29(21-11-13-22(14-12-21)31-23(24,25)26)28-16(3)19-9-7-18(15-30)8-10-19/h7-15,20,27H,4-6H2,1-3H3/b28-16+. The Bertz CT molecular complexity index is 903. The third kappa shape index (κ3) is 7.16. The summed E-state index contributed by atoms with van der Waals surface area (Å²) in [6.45, 7) is 9.97. The Morgan fingerprint density at radius 1 is 1.13 bits per heavy atom. The van der Waals surface area contributed by atoms with E-state index < -0.39 is 6.36 Å². The number of carbonyl (C=O) groups excluding carboxylic acids is 1. The molecular weight excluding hydrogens is 407 g/mol. The largest absolute Gasteiger partial charge is 0.573 e. The van der Waals surface area contributed by atoms with E-state index >= 15 is 0 Å². The fourth-order valence-electron chi connectivity index (χ4n) is 2.86. The first kappa shape index (κ1) is 24.0. The minimum atomic E-state index is -4.76. The predicted molar refractivity (Wildman–Crippen MR) is 116 cm³/mol. The molecule has 2 aromatic carbocycles. The highest BCUT2D eigenvalue weighted by Crippen LogP contribution is 2.27. The van der Waals surface area contributed by atoms with Crippen molar-refractivity contribution in [2.45, 2.75) is 46.0 Å². The quantitative estimate of drug-likeness (QED) is 0.289. The zero-order valence-corrected chi connectivity index (χ0v) is 17.7. The van der Waals surface area contributed by atoms with Crippen LogP contribution in [-0.4, -0.2) is 24.4 Å². The van der Waals surface area contributed by atoms with Gasteiger partial charge in [-0.1, -0.05) is 44.7 Å². The van der Waals surface area contributed by atoms with E-state index in [-0.39, 0.29) is 11.8 Å². The van der Waals surface area contributed by atoms with Crippen LogP contribution in [0.1, 0.15) is 49.5 Å². The first-order valence-electron chi connectivity index (χ1n) is 9.89. The lowest BCUT2D eigenvalue weighted by atomic mass is 10.1. The van der Waals surface area contributed by atoms with Gasteiger partial charge in [0.05, 0.1) is 11.4 Å². The maximum Gasteiger partial charge on any atom is 0.573 e. The summed E-state index contributed by atoms with van der Waals surface area (Å²) in [6, 6.07) is 12.5. The van der Waals surface area contributed by atoms with Gasteiger partial charge in [-0.15, -0.1) is 13.2 Å². The zero-order valence-electron chi connectivity index (χ0n) is 17.7. The van der Waals surface area contributed by atoms with Crippen LogP contribution in [0.2, 0.25) is 0 Å². The number of hydrogen-bond donors (Lipinski definition) is 1. The van der Waals surface area contributed by atoms with Crippen molar-refractivity contribution in [2.75, 3.05) is 5.01 Å². The summed E-state index contributed by atoms with van der Waals surface area (Å²) in [5.41, 5.74) is 2.50. The minimum absolute atomic E-state index is 0.171. The molecule has 0 atom stereocenters. The number of anilines is 1. The molecule has 0 aliphatic carbocycles. The third-order valence-electron chi connectivity index (χ3n) is 4.64. The average Bonchev–Trinajstić information content (AvgIpc) is 2.75. The van der Waals surface area contributed by atoms with Crippen LogP contribution >= 0.6 is 0 Å². The van der Waals surface area contributed by atoms with E-state index in [9.17, 15) is 18.0 Å². The molecule has 0 aliphatic heterocycles. The van der Waals surface area contributed by atoms with Crippen LogP contribution in [0.5, 0.6) is 5.75 Å². The van der Waals surface area contributed by atoms with Crippen molar-refractivity contribution in [1.29, 1.82) is 0 Å². The van der Waals surface area contributed by atoms with Crippen LogP contribution in [0.3, 0.4) is 0 Å². The van der Waals surface area contributed by atoms with E-state index in [1.54, 1.807) is 36.2 Å². The smallest absolute Gasteiger partial charge is 0.406 e. The summed E-state index contributed by atoms with van der Waals surface area (Å²) in [5, 5.41) is 9.48. The molecule has 0 amide bonds. The van der Waals surface area contributed by atoms with Crippen molar-refractivity contribution in [2.24, 2.45) is 5.10 Å². The molecule has 0 saturated carbocycles. The lowest BCUT2D eigenvalue weighted by Gasteiger charge is -2.27. The van der Waals surface area contributed by atoms with Gasteiger partial charge in [-0.3, -0.25) is 4.79 Å². The van der Waals surface area contributed by atoms with Crippen LogP contribution in [0.4, 0.5) is 18.9 Å². The van der Waals surface area contributed by atoms with Crippen LogP contribution < -0.4 is 15.1 Å². The van der Waals surface area contributed by atoms with Crippen molar-refractivity contribution in [3.63, 3.8) is 0 Å². The van der Waals surface area contributed by atoms with Gasteiger partial charge in [-0.05, 0) is 49.6 Å². The number of hydrazone groups is 1. The maximum absolute atomic E-state index is 12.5. The highest BCUT2D eigenvalue weighted by Gasteiger charge is 2.31. The topological polar surface area (TPSA) is 53.9 Å². The Labute approximate surface area is 180 Å². The van der Waals surface area contributed by atoms with Crippen LogP contribution in [0.25, 0.3) is 0 Å².